The number of benzene rings is 2. The molecule has 2 aromatic carbocycles. The molecule has 108 valence electrons. The SMILES string of the molecule is O=C(c1ccccc1Br)[C@H]1C[C@@H]1S(=O)(=O)c1ccccc1. The highest BCUT2D eigenvalue weighted by molar-refractivity contribution is 9.10. The maximum atomic E-state index is 12.5. The van der Waals surface area contributed by atoms with E-state index < -0.39 is 21.0 Å². The van der Waals surface area contributed by atoms with Crippen LogP contribution in [0.4, 0.5) is 0 Å². The minimum absolute atomic E-state index is 0.105. The van der Waals surface area contributed by atoms with Gasteiger partial charge in [0, 0.05) is 16.0 Å². The molecular weight excluding hydrogens is 352 g/mol. The number of ketones is 1. The topological polar surface area (TPSA) is 51.2 Å². The van der Waals surface area contributed by atoms with Gasteiger partial charge in [-0.3, -0.25) is 4.79 Å². The van der Waals surface area contributed by atoms with Crippen LogP contribution in [-0.4, -0.2) is 19.5 Å². The largest absolute Gasteiger partial charge is 0.294 e. The van der Waals surface area contributed by atoms with Gasteiger partial charge in [-0.25, -0.2) is 8.42 Å². The zero-order chi connectivity index (χ0) is 15.0. The van der Waals surface area contributed by atoms with Gasteiger partial charge in [0.05, 0.1) is 10.1 Å². The smallest absolute Gasteiger partial charge is 0.181 e. The molecule has 5 heteroatoms. The Bertz CT molecular complexity index is 784. The van der Waals surface area contributed by atoms with Crippen LogP contribution in [0.1, 0.15) is 16.8 Å². The van der Waals surface area contributed by atoms with Gasteiger partial charge in [0.1, 0.15) is 0 Å². The van der Waals surface area contributed by atoms with Crippen molar-refractivity contribution in [2.45, 2.75) is 16.6 Å². The van der Waals surface area contributed by atoms with Gasteiger partial charge in [-0.05, 0) is 24.6 Å². The number of halogens is 1. The number of hydrogen-bond acceptors (Lipinski definition) is 3. The quantitative estimate of drug-likeness (QED) is 0.780. The molecule has 1 aliphatic rings. The highest BCUT2D eigenvalue weighted by Gasteiger charge is 2.52. The summed E-state index contributed by atoms with van der Waals surface area (Å²) in [5.41, 5.74) is 0.549. The number of Topliss-reactive ketones (excluding diaryl/α,β-unsaturated/α-hetero) is 1. The van der Waals surface area contributed by atoms with Gasteiger partial charge >= 0.3 is 0 Å². The molecule has 1 saturated carbocycles. The second kappa shape index (κ2) is 5.39. The first kappa shape index (κ1) is 14.5. The lowest BCUT2D eigenvalue weighted by atomic mass is 10.1. The first-order valence-corrected chi connectivity index (χ1v) is 8.93. The van der Waals surface area contributed by atoms with Crippen molar-refractivity contribution in [3.05, 3.63) is 64.6 Å². The molecule has 0 aromatic heterocycles. The van der Waals surface area contributed by atoms with Crippen molar-refractivity contribution < 1.29 is 13.2 Å². The van der Waals surface area contributed by atoms with Crippen LogP contribution < -0.4 is 0 Å². The molecule has 3 nitrogen and oxygen atoms in total. The van der Waals surface area contributed by atoms with Crippen molar-refractivity contribution in [3.63, 3.8) is 0 Å². The molecule has 1 aliphatic carbocycles. The van der Waals surface area contributed by atoms with E-state index in [-0.39, 0.29) is 10.7 Å². The third kappa shape index (κ3) is 2.68. The zero-order valence-electron chi connectivity index (χ0n) is 11.1. The molecule has 0 unspecified atom stereocenters. The van der Waals surface area contributed by atoms with E-state index in [9.17, 15) is 13.2 Å². The van der Waals surface area contributed by atoms with E-state index in [0.717, 1.165) is 0 Å². The highest BCUT2D eigenvalue weighted by atomic mass is 79.9. The number of hydrogen-bond donors (Lipinski definition) is 0. The van der Waals surface area contributed by atoms with Crippen molar-refractivity contribution in [1.29, 1.82) is 0 Å². The summed E-state index contributed by atoms with van der Waals surface area (Å²) < 4.78 is 25.6. The summed E-state index contributed by atoms with van der Waals surface area (Å²) in [6.07, 6.45) is 0.400. The summed E-state index contributed by atoms with van der Waals surface area (Å²) in [4.78, 5) is 12.7. The fourth-order valence-corrected chi connectivity index (χ4v) is 4.82. The molecule has 2 aromatic rings. The van der Waals surface area contributed by atoms with Crippen molar-refractivity contribution in [2.24, 2.45) is 5.92 Å². The second-order valence-electron chi connectivity index (χ2n) is 5.08. The Hall–Kier alpha value is -1.46. The molecule has 3 rings (SSSR count). The van der Waals surface area contributed by atoms with E-state index >= 15 is 0 Å². The Morgan fingerprint density at radius 3 is 2.29 bits per heavy atom. The Kier molecular flexibility index (Phi) is 3.71. The molecule has 0 aliphatic heterocycles. The lowest BCUT2D eigenvalue weighted by Crippen LogP contribution is -2.14. The lowest BCUT2D eigenvalue weighted by molar-refractivity contribution is 0.0967. The van der Waals surface area contributed by atoms with Gasteiger partial charge in [-0.2, -0.15) is 0 Å². The molecule has 0 amide bonds. The van der Waals surface area contributed by atoms with E-state index in [2.05, 4.69) is 15.9 Å². The zero-order valence-corrected chi connectivity index (χ0v) is 13.5. The highest BCUT2D eigenvalue weighted by Crippen LogP contribution is 2.43. The minimum atomic E-state index is -3.42. The third-order valence-electron chi connectivity index (χ3n) is 3.68. The van der Waals surface area contributed by atoms with Crippen molar-refractivity contribution in [3.8, 4) is 0 Å². The van der Waals surface area contributed by atoms with Gasteiger partial charge < -0.3 is 0 Å². The van der Waals surface area contributed by atoms with Gasteiger partial charge in [0.2, 0.25) is 0 Å². The summed E-state index contributed by atoms with van der Waals surface area (Å²) >= 11 is 3.34. The van der Waals surface area contributed by atoms with Crippen molar-refractivity contribution in [2.75, 3.05) is 0 Å². The van der Waals surface area contributed by atoms with Crippen LogP contribution >= 0.6 is 15.9 Å². The Labute approximate surface area is 132 Å². The molecule has 2 atom stereocenters. The van der Waals surface area contributed by atoms with Crippen LogP contribution in [-0.2, 0) is 9.84 Å². The van der Waals surface area contributed by atoms with E-state index in [4.69, 9.17) is 0 Å². The van der Waals surface area contributed by atoms with E-state index in [1.54, 1.807) is 48.5 Å². The van der Waals surface area contributed by atoms with Crippen LogP contribution in [0.15, 0.2) is 64.0 Å². The molecule has 0 saturated heterocycles. The average Bonchev–Trinajstić information content (AvgIpc) is 3.29. The summed E-state index contributed by atoms with van der Waals surface area (Å²) in [7, 11) is -3.42. The van der Waals surface area contributed by atoms with Crippen LogP contribution in [0.3, 0.4) is 0 Å². The van der Waals surface area contributed by atoms with Gasteiger partial charge in [-0.1, -0.05) is 52.3 Å². The molecule has 0 radical (unpaired) electrons. The van der Waals surface area contributed by atoms with E-state index in [1.807, 2.05) is 6.07 Å². The summed E-state index contributed by atoms with van der Waals surface area (Å²) in [6.45, 7) is 0. The predicted octanol–water partition coefficient (Wildman–Crippen LogP) is 3.49. The summed E-state index contributed by atoms with van der Waals surface area (Å²) in [6, 6.07) is 15.4. The number of carbonyl (C=O) groups excluding carboxylic acids is 1. The summed E-state index contributed by atoms with van der Waals surface area (Å²) in [5.74, 6) is -0.541. The maximum Gasteiger partial charge on any atom is 0.181 e. The van der Waals surface area contributed by atoms with Gasteiger partial charge in [0.25, 0.3) is 0 Å². The normalized spacial score (nSPS) is 21.0. The standard InChI is InChI=1S/C16H13BrO3S/c17-14-9-5-4-8-12(14)16(18)13-10-15(13)21(19,20)11-6-2-1-3-7-11/h1-9,13,15H,10H2/t13-,15-/m0/s1. The molecule has 1 fully saturated rings. The minimum Gasteiger partial charge on any atom is -0.294 e. The Balaban J connectivity index is 1.84. The average molecular weight is 365 g/mol. The van der Waals surface area contributed by atoms with Crippen molar-refractivity contribution in [1.82, 2.24) is 0 Å². The number of sulfone groups is 1. The van der Waals surface area contributed by atoms with Crippen LogP contribution in [0.2, 0.25) is 0 Å². The third-order valence-corrected chi connectivity index (χ3v) is 6.62. The monoisotopic (exact) mass is 364 g/mol. The molecule has 21 heavy (non-hydrogen) atoms. The molecule has 0 bridgehead atoms. The molecule has 0 N–H and O–H groups in total. The Morgan fingerprint density at radius 2 is 1.62 bits per heavy atom. The fraction of sp³-hybridized carbons (Fsp3) is 0.188. The van der Waals surface area contributed by atoms with Crippen LogP contribution in [0, 0.1) is 5.92 Å². The van der Waals surface area contributed by atoms with Gasteiger partial charge in [0.15, 0.2) is 15.6 Å². The van der Waals surface area contributed by atoms with Gasteiger partial charge in [-0.15, -0.1) is 0 Å². The first-order chi connectivity index (χ1) is 10.0. The molecular formula is C16H13BrO3S. The van der Waals surface area contributed by atoms with Crippen molar-refractivity contribution >= 4 is 31.6 Å². The predicted molar refractivity (Wildman–Crippen MR) is 84.0 cm³/mol. The van der Waals surface area contributed by atoms with Crippen LogP contribution in [0.25, 0.3) is 0 Å². The number of rotatable bonds is 4. The second-order valence-corrected chi connectivity index (χ2v) is 8.10. The lowest BCUT2D eigenvalue weighted by Gasteiger charge is -2.05. The van der Waals surface area contributed by atoms with E-state index in [1.165, 1.54) is 0 Å². The molecule has 0 heterocycles. The number of carbonyl (C=O) groups is 1. The summed E-state index contributed by atoms with van der Waals surface area (Å²) in [5, 5.41) is -0.598. The van der Waals surface area contributed by atoms with E-state index in [0.29, 0.717) is 16.5 Å². The maximum absolute atomic E-state index is 12.5. The molecule has 0 spiro atoms. The van der Waals surface area contributed by atoms with Crippen LogP contribution in [0.5, 0.6) is 0 Å². The first-order valence-electron chi connectivity index (χ1n) is 6.59. The fourth-order valence-electron chi connectivity index (χ4n) is 2.44. The Morgan fingerprint density at radius 1 is 1.00 bits per heavy atom.